The van der Waals surface area contributed by atoms with E-state index in [0.717, 1.165) is 0 Å². The third-order valence-electron chi connectivity index (χ3n) is 2.74. The smallest absolute Gasteiger partial charge is 0.165 e. The number of carbonyl (C=O) groups is 1. The first-order valence-corrected chi connectivity index (χ1v) is 6.28. The molecular formula is C9H16O4S. The Morgan fingerprint density at radius 1 is 1.29 bits per heavy atom. The molecule has 1 aliphatic rings. The number of ether oxygens (including phenoxy) is 1. The molecule has 0 N–H and O–H groups in total. The van der Waals surface area contributed by atoms with Crippen LogP contribution in [0, 0.1) is 0 Å². The number of sulfone groups is 1. The molecule has 1 saturated heterocycles. The minimum Gasteiger partial charge on any atom is -0.381 e. The summed E-state index contributed by atoms with van der Waals surface area (Å²) in [5.74, 6) is 0. The SMILES string of the molecule is CC(C)S(=O)(=O)C1(C=O)CCOCC1. The van der Waals surface area contributed by atoms with Gasteiger partial charge in [0.25, 0.3) is 0 Å². The van der Waals surface area contributed by atoms with Gasteiger partial charge >= 0.3 is 0 Å². The average molecular weight is 220 g/mol. The predicted octanol–water partition coefficient (Wildman–Crippen LogP) is 0.558. The van der Waals surface area contributed by atoms with E-state index in [9.17, 15) is 13.2 Å². The van der Waals surface area contributed by atoms with Crippen LogP contribution in [0.2, 0.25) is 0 Å². The molecule has 0 spiro atoms. The van der Waals surface area contributed by atoms with Gasteiger partial charge in [-0.25, -0.2) is 8.42 Å². The molecule has 0 aromatic heterocycles. The van der Waals surface area contributed by atoms with Crippen LogP contribution in [0.5, 0.6) is 0 Å². The van der Waals surface area contributed by atoms with Gasteiger partial charge in [-0.3, -0.25) is 0 Å². The molecule has 1 rings (SSSR count). The highest BCUT2D eigenvalue weighted by Crippen LogP contribution is 2.30. The van der Waals surface area contributed by atoms with E-state index in [4.69, 9.17) is 4.74 Å². The summed E-state index contributed by atoms with van der Waals surface area (Å²) in [7, 11) is -3.36. The van der Waals surface area contributed by atoms with E-state index in [1.165, 1.54) is 0 Å². The lowest BCUT2D eigenvalue weighted by Gasteiger charge is -2.32. The molecule has 0 aliphatic carbocycles. The van der Waals surface area contributed by atoms with Gasteiger partial charge in [-0.2, -0.15) is 0 Å². The minimum atomic E-state index is -3.36. The van der Waals surface area contributed by atoms with Gasteiger partial charge in [0.15, 0.2) is 9.84 Å². The topological polar surface area (TPSA) is 60.4 Å². The zero-order valence-electron chi connectivity index (χ0n) is 8.52. The first kappa shape index (κ1) is 11.7. The highest BCUT2D eigenvalue weighted by molar-refractivity contribution is 7.94. The van der Waals surface area contributed by atoms with Gasteiger partial charge in [0.1, 0.15) is 11.0 Å². The third kappa shape index (κ3) is 1.70. The highest BCUT2D eigenvalue weighted by Gasteiger charge is 2.46. The second-order valence-electron chi connectivity index (χ2n) is 3.89. The summed E-state index contributed by atoms with van der Waals surface area (Å²) in [6.45, 7) is 3.92. The Morgan fingerprint density at radius 2 is 1.79 bits per heavy atom. The Kier molecular flexibility index (Phi) is 3.32. The van der Waals surface area contributed by atoms with E-state index in [-0.39, 0.29) is 12.8 Å². The Hall–Kier alpha value is -0.420. The molecule has 4 nitrogen and oxygen atoms in total. The van der Waals surface area contributed by atoms with Gasteiger partial charge in [0, 0.05) is 13.2 Å². The summed E-state index contributed by atoms with van der Waals surface area (Å²) in [6.07, 6.45) is 1.17. The molecule has 0 saturated carbocycles. The van der Waals surface area contributed by atoms with Gasteiger partial charge in [-0.1, -0.05) is 0 Å². The molecule has 1 fully saturated rings. The summed E-state index contributed by atoms with van der Waals surface area (Å²) in [4.78, 5) is 11.0. The van der Waals surface area contributed by atoms with Crippen LogP contribution < -0.4 is 0 Å². The van der Waals surface area contributed by atoms with Crippen molar-refractivity contribution in [2.75, 3.05) is 13.2 Å². The molecule has 82 valence electrons. The van der Waals surface area contributed by atoms with E-state index < -0.39 is 19.8 Å². The maximum atomic E-state index is 12.0. The summed E-state index contributed by atoms with van der Waals surface area (Å²) in [5, 5.41) is -0.509. The van der Waals surface area contributed by atoms with Crippen LogP contribution in [0.1, 0.15) is 26.7 Å². The van der Waals surface area contributed by atoms with Crippen LogP contribution in [-0.2, 0) is 19.4 Å². The van der Waals surface area contributed by atoms with Gasteiger partial charge in [0.05, 0.1) is 5.25 Å². The molecule has 0 radical (unpaired) electrons. The molecule has 5 heteroatoms. The maximum Gasteiger partial charge on any atom is 0.165 e. The zero-order chi connectivity index (χ0) is 10.8. The van der Waals surface area contributed by atoms with Gasteiger partial charge in [-0.15, -0.1) is 0 Å². The molecule has 0 atom stereocenters. The van der Waals surface area contributed by atoms with E-state index in [2.05, 4.69) is 0 Å². The number of rotatable bonds is 3. The third-order valence-corrected chi connectivity index (χ3v) is 5.62. The molecule has 1 heterocycles. The van der Waals surface area contributed by atoms with E-state index >= 15 is 0 Å². The Bertz CT molecular complexity index is 299. The number of hydrogen-bond donors (Lipinski definition) is 0. The van der Waals surface area contributed by atoms with Crippen molar-refractivity contribution < 1.29 is 17.9 Å². The van der Waals surface area contributed by atoms with Gasteiger partial charge in [0.2, 0.25) is 0 Å². The number of hydrogen-bond acceptors (Lipinski definition) is 4. The minimum absolute atomic E-state index is 0.289. The van der Waals surface area contributed by atoms with Gasteiger partial charge in [-0.05, 0) is 26.7 Å². The van der Waals surface area contributed by atoms with Crippen molar-refractivity contribution in [3.63, 3.8) is 0 Å². The van der Waals surface area contributed by atoms with E-state index in [1.54, 1.807) is 13.8 Å². The first-order chi connectivity index (χ1) is 6.46. The van der Waals surface area contributed by atoms with Crippen molar-refractivity contribution in [1.29, 1.82) is 0 Å². The van der Waals surface area contributed by atoms with E-state index in [0.29, 0.717) is 19.5 Å². The highest BCUT2D eigenvalue weighted by atomic mass is 32.2. The van der Waals surface area contributed by atoms with Crippen molar-refractivity contribution >= 4 is 16.1 Å². The summed E-state index contributed by atoms with van der Waals surface area (Å²) in [6, 6.07) is 0. The van der Waals surface area contributed by atoms with Crippen LogP contribution >= 0.6 is 0 Å². The fourth-order valence-electron chi connectivity index (χ4n) is 1.66. The molecular weight excluding hydrogens is 204 g/mol. The average Bonchev–Trinajstić information content (AvgIpc) is 2.18. The second-order valence-corrected chi connectivity index (χ2v) is 6.73. The van der Waals surface area contributed by atoms with Crippen molar-refractivity contribution in [1.82, 2.24) is 0 Å². The Morgan fingerprint density at radius 3 is 2.14 bits per heavy atom. The monoisotopic (exact) mass is 220 g/mol. The number of aldehydes is 1. The summed E-state index contributed by atoms with van der Waals surface area (Å²) >= 11 is 0. The lowest BCUT2D eigenvalue weighted by atomic mass is 10.0. The lowest BCUT2D eigenvalue weighted by molar-refractivity contribution is -0.112. The molecule has 0 unspecified atom stereocenters. The molecule has 0 bridgehead atoms. The molecule has 1 aliphatic heterocycles. The van der Waals surface area contributed by atoms with Crippen LogP contribution in [0.25, 0.3) is 0 Å². The van der Waals surface area contributed by atoms with Crippen molar-refractivity contribution in [2.45, 2.75) is 36.7 Å². The molecule has 0 aromatic carbocycles. The predicted molar refractivity (Wildman–Crippen MR) is 52.9 cm³/mol. The van der Waals surface area contributed by atoms with Crippen LogP contribution in [0.15, 0.2) is 0 Å². The van der Waals surface area contributed by atoms with Crippen molar-refractivity contribution in [3.05, 3.63) is 0 Å². The fraction of sp³-hybridized carbons (Fsp3) is 0.889. The zero-order valence-corrected chi connectivity index (χ0v) is 9.34. The molecule has 0 aromatic rings. The Labute approximate surface area is 84.6 Å². The fourth-order valence-corrected chi connectivity index (χ4v) is 3.46. The summed E-state index contributed by atoms with van der Waals surface area (Å²) < 4.78 is 27.8. The normalized spacial score (nSPS) is 22.2. The van der Waals surface area contributed by atoms with Crippen molar-refractivity contribution in [2.24, 2.45) is 0 Å². The van der Waals surface area contributed by atoms with Crippen LogP contribution in [0.4, 0.5) is 0 Å². The van der Waals surface area contributed by atoms with Crippen molar-refractivity contribution in [3.8, 4) is 0 Å². The second kappa shape index (κ2) is 3.98. The first-order valence-electron chi connectivity index (χ1n) is 4.74. The number of carbonyl (C=O) groups excluding carboxylic acids is 1. The van der Waals surface area contributed by atoms with Crippen LogP contribution in [0.3, 0.4) is 0 Å². The quantitative estimate of drug-likeness (QED) is 0.652. The Balaban J connectivity index is 3.05. The maximum absolute atomic E-state index is 12.0. The lowest BCUT2D eigenvalue weighted by Crippen LogP contribution is -2.48. The summed E-state index contributed by atoms with van der Waals surface area (Å²) in [5.41, 5.74) is 0. The van der Waals surface area contributed by atoms with E-state index in [1.807, 2.05) is 0 Å². The van der Waals surface area contributed by atoms with Gasteiger partial charge < -0.3 is 9.53 Å². The molecule has 0 amide bonds. The van der Waals surface area contributed by atoms with Crippen LogP contribution in [-0.4, -0.2) is 37.9 Å². The standard InChI is InChI=1S/C9H16O4S/c1-8(2)14(11,12)9(7-10)3-5-13-6-4-9/h7-8H,3-6H2,1-2H3. The largest absolute Gasteiger partial charge is 0.381 e. The molecule has 14 heavy (non-hydrogen) atoms.